The number of amides is 2. The molecule has 0 saturated carbocycles. The molecule has 4 heterocycles. The predicted molar refractivity (Wildman–Crippen MR) is 89.6 cm³/mol. The number of aromatic nitrogens is 2. The van der Waals surface area contributed by atoms with Crippen LogP contribution in [0.3, 0.4) is 0 Å². The van der Waals surface area contributed by atoms with E-state index >= 15 is 0 Å². The second-order valence-corrected chi connectivity index (χ2v) is 6.61. The second kappa shape index (κ2) is 5.78. The van der Waals surface area contributed by atoms with E-state index in [9.17, 15) is 9.59 Å². The van der Waals surface area contributed by atoms with Crippen molar-refractivity contribution >= 4 is 17.5 Å². The van der Waals surface area contributed by atoms with Crippen LogP contribution in [0.4, 0.5) is 5.69 Å². The van der Waals surface area contributed by atoms with E-state index in [0.29, 0.717) is 25.3 Å². The van der Waals surface area contributed by atoms with Gasteiger partial charge < -0.3 is 14.8 Å². The van der Waals surface area contributed by atoms with Gasteiger partial charge in [-0.2, -0.15) is 0 Å². The highest BCUT2D eigenvalue weighted by molar-refractivity contribution is 6.01. The van der Waals surface area contributed by atoms with Crippen molar-refractivity contribution in [2.45, 2.75) is 19.3 Å². The van der Waals surface area contributed by atoms with E-state index in [2.05, 4.69) is 9.97 Å². The van der Waals surface area contributed by atoms with Gasteiger partial charge in [0.25, 0.3) is 5.91 Å². The van der Waals surface area contributed by atoms with Crippen LogP contribution >= 0.6 is 0 Å². The van der Waals surface area contributed by atoms with E-state index in [1.807, 2.05) is 28.0 Å². The van der Waals surface area contributed by atoms with Crippen LogP contribution in [-0.4, -0.2) is 46.3 Å². The molecule has 0 aliphatic carbocycles. The van der Waals surface area contributed by atoms with Crippen LogP contribution in [0, 0.1) is 5.41 Å². The fraction of sp³-hybridized carbons (Fsp3) is 0.389. The van der Waals surface area contributed by atoms with Crippen LogP contribution in [0.2, 0.25) is 0 Å². The van der Waals surface area contributed by atoms with Crippen molar-refractivity contribution in [3.63, 3.8) is 0 Å². The summed E-state index contributed by atoms with van der Waals surface area (Å²) in [5.41, 5.74) is 0.977. The normalized spacial score (nSPS) is 23.9. The quantitative estimate of drug-likeness (QED) is 0.919. The SMILES string of the molecule is O=C(c1ccc[nH]1)N1CCCC2(CCN(c3cccnc3)C2=O)C1. The van der Waals surface area contributed by atoms with Crippen LogP contribution in [0.15, 0.2) is 42.9 Å². The van der Waals surface area contributed by atoms with Crippen molar-refractivity contribution in [1.29, 1.82) is 0 Å². The van der Waals surface area contributed by atoms with Crippen molar-refractivity contribution in [2.75, 3.05) is 24.5 Å². The molecule has 2 aromatic rings. The number of aromatic amines is 1. The van der Waals surface area contributed by atoms with E-state index < -0.39 is 5.41 Å². The van der Waals surface area contributed by atoms with E-state index in [1.54, 1.807) is 24.7 Å². The van der Waals surface area contributed by atoms with Crippen molar-refractivity contribution < 1.29 is 9.59 Å². The minimum Gasteiger partial charge on any atom is -0.357 e. The molecule has 1 atom stereocenters. The smallest absolute Gasteiger partial charge is 0.270 e. The Bertz CT molecular complexity index is 744. The summed E-state index contributed by atoms with van der Waals surface area (Å²) in [6.07, 6.45) is 7.67. The van der Waals surface area contributed by atoms with Crippen LogP contribution in [0.25, 0.3) is 0 Å². The zero-order valence-corrected chi connectivity index (χ0v) is 13.4. The van der Waals surface area contributed by atoms with Gasteiger partial charge in [0, 0.05) is 32.0 Å². The van der Waals surface area contributed by atoms with E-state index in [0.717, 1.165) is 24.9 Å². The number of hydrogen-bond acceptors (Lipinski definition) is 3. The predicted octanol–water partition coefficient (Wildman–Crippen LogP) is 2.07. The van der Waals surface area contributed by atoms with Gasteiger partial charge >= 0.3 is 0 Å². The van der Waals surface area contributed by atoms with E-state index in [-0.39, 0.29) is 11.8 Å². The molecule has 2 saturated heterocycles. The molecule has 24 heavy (non-hydrogen) atoms. The van der Waals surface area contributed by atoms with Crippen LogP contribution in [0.1, 0.15) is 29.8 Å². The largest absolute Gasteiger partial charge is 0.357 e. The number of rotatable bonds is 2. The third kappa shape index (κ3) is 2.38. The molecular weight excluding hydrogens is 304 g/mol. The lowest BCUT2D eigenvalue weighted by molar-refractivity contribution is -0.127. The lowest BCUT2D eigenvalue weighted by atomic mass is 9.78. The van der Waals surface area contributed by atoms with E-state index in [4.69, 9.17) is 0 Å². The maximum atomic E-state index is 13.1. The summed E-state index contributed by atoms with van der Waals surface area (Å²) in [4.78, 5) is 36.4. The standard InChI is InChI=1S/C18H20N4O2/c23-16(15-5-2-9-20-15)21-10-3-6-18(13-21)7-11-22(17(18)24)14-4-1-8-19-12-14/h1-2,4-5,8-9,12,20H,3,6-7,10-11,13H2. The topological polar surface area (TPSA) is 69.3 Å². The summed E-state index contributed by atoms with van der Waals surface area (Å²) in [5, 5.41) is 0. The van der Waals surface area contributed by atoms with Gasteiger partial charge in [-0.15, -0.1) is 0 Å². The molecular formula is C18H20N4O2. The Morgan fingerprint density at radius 3 is 2.88 bits per heavy atom. The van der Waals surface area contributed by atoms with Crippen molar-refractivity contribution in [3.05, 3.63) is 48.5 Å². The monoisotopic (exact) mass is 324 g/mol. The molecule has 0 aromatic carbocycles. The summed E-state index contributed by atoms with van der Waals surface area (Å²) in [6.45, 7) is 1.90. The first-order valence-corrected chi connectivity index (χ1v) is 8.34. The second-order valence-electron chi connectivity index (χ2n) is 6.61. The number of carbonyl (C=O) groups is 2. The molecule has 0 bridgehead atoms. The molecule has 124 valence electrons. The average molecular weight is 324 g/mol. The van der Waals surface area contributed by atoms with Crippen LogP contribution in [-0.2, 0) is 4.79 Å². The fourth-order valence-corrected chi connectivity index (χ4v) is 3.90. The Hall–Kier alpha value is -2.63. The van der Waals surface area contributed by atoms with Gasteiger partial charge in [-0.05, 0) is 43.5 Å². The highest BCUT2D eigenvalue weighted by Crippen LogP contribution is 2.41. The van der Waals surface area contributed by atoms with Gasteiger partial charge in [-0.1, -0.05) is 0 Å². The summed E-state index contributed by atoms with van der Waals surface area (Å²) in [7, 11) is 0. The van der Waals surface area contributed by atoms with Gasteiger partial charge in [-0.3, -0.25) is 14.6 Å². The van der Waals surface area contributed by atoms with Crippen molar-refractivity contribution in [1.82, 2.24) is 14.9 Å². The Kier molecular flexibility index (Phi) is 3.59. The maximum Gasteiger partial charge on any atom is 0.270 e. The zero-order valence-electron chi connectivity index (χ0n) is 13.4. The molecule has 2 aliphatic rings. The summed E-state index contributed by atoms with van der Waals surface area (Å²) in [5.74, 6) is 0.103. The number of piperidine rings is 1. The summed E-state index contributed by atoms with van der Waals surface area (Å²) >= 11 is 0. The van der Waals surface area contributed by atoms with Gasteiger partial charge in [0.1, 0.15) is 5.69 Å². The molecule has 1 unspecified atom stereocenters. The van der Waals surface area contributed by atoms with Gasteiger partial charge in [-0.25, -0.2) is 0 Å². The molecule has 1 spiro atoms. The van der Waals surface area contributed by atoms with Gasteiger partial charge in [0.2, 0.25) is 5.91 Å². The first-order valence-electron chi connectivity index (χ1n) is 8.34. The Morgan fingerprint density at radius 1 is 1.21 bits per heavy atom. The number of carbonyl (C=O) groups excluding carboxylic acids is 2. The lowest BCUT2D eigenvalue weighted by Gasteiger charge is -2.38. The number of hydrogen-bond donors (Lipinski definition) is 1. The zero-order chi connectivity index (χ0) is 16.6. The van der Waals surface area contributed by atoms with Gasteiger partial charge in [0.15, 0.2) is 0 Å². The van der Waals surface area contributed by atoms with E-state index in [1.165, 1.54) is 0 Å². The number of nitrogens with zero attached hydrogens (tertiary/aromatic N) is 3. The number of H-pyrrole nitrogens is 1. The highest BCUT2D eigenvalue weighted by atomic mass is 16.2. The first kappa shape index (κ1) is 14.9. The molecule has 2 aromatic heterocycles. The lowest BCUT2D eigenvalue weighted by Crippen LogP contribution is -2.50. The number of pyridine rings is 1. The third-order valence-electron chi connectivity index (χ3n) is 5.16. The third-order valence-corrected chi connectivity index (χ3v) is 5.16. The molecule has 2 fully saturated rings. The molecule has 2 amide bonds. The molecule has 6 nitrogen and oxygen atoms in total. The maximum absolute atomic E-state index is 13.1. The summed E-state index contributed by atoms with van der Waals surface area (Å²) < 4.78 is 0. The molecule has 1 N–H and O–H groups in total. The molecule has 0 radical (unpaired) electrons. The van der Waals surface area contributed by atoms with Gasteiger partial charge in [0.05, 0.1) is 17.3 Å². The number of likely N-dealkylation sites (tertiary alicyclic amines) is 1. The van der Waals surface area contributed by atoms with Crippen molar-refractivity contribution in [3.8, 4) is 0 Å². The Morgan fingerprint density at radius 2 is 2.12 bits per heavy atom. The molecule has 2 aliphatic heterocycles. The Labute approximate surface area is 140 Å². The van der Waals surface area contributed by atoms with Crippen molar-refractivity contribution in [2.24, 2.45) is 5.41 Å². The average Bonchev–Trinajstić information content (AvgIpc) is 3.26. The number of anilines is 1. The Balaban J connectivity index is 1.55. The van der Waals surface area contributed by atoms with Crippen LogP contribution in [0.5, 0.6) is 0 Å². The molecule has 6 heteroatoms. The fourth-order valence-electron chi connectivity index (χ4n) is 3.90. The minimum atomic E-state index is -0.448. The minimum absolute atomic E-state index is 0.0216. The number of nitrogens with one attached hydrogen (secondary N) is 1. The summed E-state index contributed by atoms with van der Waals surface area (Å²) in [6, 6.07) is 7.35. The van der Waals surface area contributed by atoms with Crippen LogP contribution < -0.4 is 4.90 Å². The first-order chi connectivity index (χ1) is 11.7. The highest BCUT2D eigenvalue weighted by Gasteiger charge is 2.50. The molecule has 4 rings (SSSR count).